The predicted molar refractivity (Wildman–Crippen MR) is 126 cm³/mol. The zero-order chi connectivity index (χ0) is 25.6. The van der Waals surface area contributed by atoms with E-state index in [-0.39, 0.29) is 11.6 Å². The quantitative estimate of drug-likeness (QED) is 0.292. The van der Waals surface area contributed by atoms with Crippen LogP contribution >= 0.6 is 11.6 Å². The number of aromatic nitrogens is 2. The zero-order valence-corrected chi connectivity index (χ0v) is 19.1. The van der Waals surface area contributed by atoms with Crippen molar-refractivity contribution in [1.29, 1.82) is 0 Å². The molecule has 0 fully saturated rings. The van der Waals surface area contributed by atoms with Gasteiger partial charge in [0.05, 0.1) is 12.0 Å². The van der Waals surface area contributed by atoms with Crippen LogP contribution in [0.5, 0.6) is 0 Å². The maximum atomic E-state index is 12.6. The van der Waals surface area contributed by atoms with Crippen molar-refractivity contribution in [3.8, 4) is 0 Å². The molecule has 0 spiro atoms. The Morgan fingerprint density at radius 2 is 1.71 bits per heavy atom. The molecule has 0 aliphatic rings. The number of anilines is 2. The van der Waals surface area contributed by atoms with E-state index in [1.54, 1.807) is 31.3 Å². The maximum absolute atomic E-state index is 12.6. The van der Waals surface area contributed by atoms with Gasteiger partial charge in [-0.25, -0.2) is 9.97 Å². The molecule has 3 N–H and O–H groups in total. The number of carboxylic acid groups (broad SMARTS) is 1. The zero-order valence-electron chi connectivity index (χ0n) is 18.4. The molecule has 1 amide bonds. The lowest BCUT2D eigenvalue weighted by atomic mass is 10.1. The Labute approximate surface area is 203 Å². The van der Waals surface area contributed by atoms with Gasteiger partial charge in [0.25, 0.3) is 0 Å². The third-order valence-corrected chi connectivity index (χ3v) is 5.13. The summed E-state index contributed by atoms with van der Waals surface area (Å²) in [6.45, 7) is 0. The lowest BCUT2D eigenvalue weighted by molar-refractivity contribution is -0.138. The topological polar surface area (TPSA) is 104 Å². The number of nitrogens with one attached hydrogen (secondary N) is 2. The van der Waals surface area contributed by atoms with Crippen LogP contribution in [-0.2, 0) is 28.6 Å². The Balaban J connectivity index is 1.62. The van der Waals surface area contributed by atoms with Crippen molar-refractivity contribution in [3.63, 3.8) is 0 Å². The predicted octanol–water partition coefficient (Wildman–Crippen LogP) is 5.06. The van der Waals surface area contributed by atoms with E-state index < -0.39 is 23.6 Å². The van der Waals surface area contributed by atoms with Crippen LogP contribution in [0.1, 0.15) is 28.1 Å². The van der Waals surface area contributed by atoms with Gasteiger partial charge in [-0.05, 0) is 41.5 Å². The first-order chi connectivity index (χ1) is 16.5. The van der Waals surface area contributed by atoms with Crippen LogP contribution in [0.25, 0.3) is 6.08 Å². The number of carbonyl (C=O) groups excluding carboxylic acids is 1. The minimum absolute atomic E-state index is 0.0606. The number of hydrogen-bond donors (Lipinski definition) is 3. The average molecular weight is 505 g/mol. The molecule has 1 heterocycles. The number of carboxylic acids is 1. The summed E-state index contributed by atoms with van der Waals surface area (Å²) in [5, 5.41) is 14.6. The van der Waals surface area contributed by atoms with Gasteiger partial charge in [0, 0.05) is 30.8 Å². The summed E-state index contributed by atoms with van der Waals surface area (Å²) in [6.07, 6.45) is -1.76. The van der Waals surface area contributed by atoms with Gasteiger partial charge in [0.15, 0.2) is 0 Å². The summed E-state index contributed by atoms with van der Waals surface area (Å²) in [5.74, 6) is -0.761. The summed E-state index contributed by atoms with van der Waals surface area (Å²) in [6, 6.07) is 11.3. The average Bonchev–Trinajstić information content (AvgIpc) is 2.80. The van der Waals surface area contributed by atoms with Crippen LogP contribution in [-0.4, -0.2) is 34.0 Å². The Hall–Kier alpha value is -3.92. The van der Waals surface area contributed by atoms with Crippen LogP contribution in [0.2, 0.25) is 5.15 Å². The third kappa shape index (κ3) is 7.28. The highest BCUT2D eigenvalue weighted by atomic mass is 35.5. The van der Waals surface area contributed by atoms with Gasteiger partial charge in [0.1, 0.15) is 16.8 Å². The third-order valence-electron chi connectivity index (χ3n) is 4.82. The molecule has 0 saturated heterocycles. The fourth-order valence-corrected chi connectivity index (χ4v) is 3.38. The number of halogens is 4. The smallest absolute Gasteiger partial charge is 0.416 e. The monoisotopic (exact) mass is 504 g/mol. The number of carbonyl (C=O) groups is 2. The van der Waals surface area contributed by atoms with Crippen molar-refractivity contribution < 1.29 is 27.9 Å². The van der Waals surface area contributed by atoms with Gasteiger partial charge in [-0.15, -0.1) is 0 Å². The van der Waals surface area contributed by atoms with Crippen molar-refractivity contribution in [2.75, 3.05) is 17.7 Å². The molecule has 0 saturated carbocycles. The van der Waals surface area contributed by atoms with Gasteiger partial charge in [-0.1, -0.05) is 35.9 Å². The molecule has 0 unspecified atom stereocenters. The number of hydrogen-bond acceptors (Lipinski definition) is 5. The second-order valence-corrected chi connectivity index (χ2v) is 7.75. The van der Waals surface area contributed by atoms with Crippen LogP contribution in [0.15, 0.2) is 54.6 Å². The summed E-state index contributed by atoms with van der Waals surface area (Å²) in [5.41, 5.74) is 1.34. The number of nitrogens with zero attached hydrogens (tertiary/aromatic N) is 2. The highest BCUT2D eigenvalue weighted by Gasteiger charge is 2.29. The molecule has 0 aliphatic heterocycles. The van der Waals surface area contributed by atoms with Gasteiger partial charge < -0.3 is 15.7 Å². The van der Waals surface area contributed by atoms with Gasteiger partial charge in [-0.2, -0.15) is 13.2 Å². The van der Waals surface area contributed by atoms with Gasteiger partial charge in [-0.3, -0.25) is 9.59 Å². The molecule has 0 bridgehead atoms. The van der Waals surface area contributed by atoms with Crippen molar-refractivity contribution in [1.82, 2.24) is 9.97 Å². The molecule has 2 aromatic carbocycles. The fourth-order valence-electron chi connectivity index (χ4n) is 3.12. The van der Waals surface area contributed by atoms with Crippen LogP contribution in [0.4, 0.5) is 24.7 Å². The van der Waals surface area contributed by atoms with E-state index in [2.05, 4.69) is 20.6 Å². The molecule has 11 heteroatoms. The second kappa shape index (κ2) is 11.0. The Kier molecular flexibility index (Phi) is 8.08. The normalized spacial score (nSPS) is 11.5. The number of amides is 1. The molecule has 0 aliphatic carbocycles. The maximum Gasteiger partial charge on any atom is 0.416 e. The summed E-state index contributed by atoms with van der Waals surface area (Å²) in [4.78, 5) is 31.7. The molecule has 35 heavy (non-hydrogen) atoms. The Morgan fingerprint density at radius 1 is 1.06 bits per heavy atom. The van der Waals surface area contributed by atoms with Gasteiger partial charge >= 0.3 is 12.1 Å². The van der Waals surface area contributed by atoms with E-state index in [0.29, 0.717) is 34.9 Å². The van der Waals surface area contributed by atoms with Gasteiger partial charge in [0.2, 0.25) is 5.91 Å². The SMILES string of the molecule is CNc1nc(Cc2ccc(NC(=O)/C=C/c3ccc(C(F)(F)F)cc3)cc2)nc(Cl)c1CC(=O)O. The molecule has 3 rings (SSSR count). The molecule has 7 nitrogen and oxygen atoms in total. The minimum atomic E-state index is -4.41. The molecular weight excluding hydrogens is 485 g/mol. The van der Waals surface area contributed by atoms with Crippen molar-refractivity contribution >= 4 is 41.1 Å². The minimum Gasteiger partial charge on any atom is -0.481 e. The molecule has 3 aromatic rings. The second-order valence-electron chi connectivity index (χ2n) is 7.39. The van der Waals surface area contributed by atoms with E-state index in [1.807, 2.05) is 0 Å². The van der Waals surface area contributed by atoms with Crippen molar-refractivity contribution in [2.45, 2.75) is 19.0 Å². The molecular formula is C24H20ClF3N4O3. The van der Waals surface area contributed by atoms with E-state index in [9.17, 15) is 22.8 Å². The van der Waals surface area contributed by atoms with Crippen LogP contribution < -0.4 is 10.6 Å². The largest absolute Gasteiger partial charge is 0.481 e. The number of rotatable bonds is 8. The van der Waals surface area contributed by atoms with E-state index in [1.165, 1.54) is 24.3 Å². The van der Waals surface area contributed by atoms with Crippen molar-refractivity contribution in [3.05, 3.63) is 87.8 Å². The standard InChI is InChI=1S/C24H20ClF3N4O3/c1-29-23-18(13-21(34)35)22(25)31-19(32-23)12-15-4-9-17(10-5-15)30-20(33)11-6-14-2-7-16(8-3-14)24(26,27)28/h2-11H,12-13H2,1H3,(H,30,33)(H,34,35)(H,29,31,32)/b11-6+. The highest BCUT2D eigenvalue weighted by Crippen LogP contribution is 2.29. The Bertz CT molecular complexity index is 1240. The van der Waals surface area contributed by atoms with Crippen molar-refractivity contribution in [2.24, 2.45) is 0 Å². The lowest BCUT2D eigenvalue weighted by Gasteiger charge is -2.11. The highest BCUT2D eigenvalue weighted by molar-refractivity contribution is 6.30. The molecule has 0 radical (unpaired) electrons. The molecule has 182 valence electrons. The first-order valence-corrected chi connectivity index (χ1v) is 10.6. The number of aliphatic carboxylic acids is 1. The first kappa shape index (κ1) is 25.7. The number of alkyl halides is 3. The van der Waals surface area contributed by atoms with E-state index in [4.69, 9.17) is 16.7 Å². The lowest BCUT2D eigenvalue weighted by Crippen LogP contribution is -2.10. The van der Waals surface area contributed by atoms with Crippen LogP contribution in [0, 0.1) is 0 Å². The van der Waals surface area contributed by atoms with E-state index in [0.717, 1.165) is 17.7 Å². The molecule has 0 atom stereocenters. The number of benzene rings is 2. The van der Waals surface area contributed by atoms with Crippen LogP contribution in [0.3, 0.4) is 0 Å². The first-order valence-electron chi connectivity index (χ1n) is 10.2. The fraction of sp³-hybridized carbons (Fsp3) is 0.167. The summed E-state index contributed by atoms with van der Waals surface area (Å²) in [7, 11) is 1.61. The molecule has 1 aromatic heterocycles. The van der Waals surface area contributed by atoms with E-state index >= 15 is 0 Å². The summed E-state index contributed by atoms with van der Waals surface area (Å²) < 4.78 is 37.9. The summed E-state index contributed by atoms with van der Waals surface area (Å²) >= 11 is 6.15. The Morgan fingerprint density at radius 3 is 2.29 bits per heavy atom.